The first-order chi connectivity index (χ1) is 9.17. The first kappa shape index (κ1) is 13.7. The lowest BCUT2D eigenvalue weighted by atomic mass is 10.4. The molecule has 0 unspecified atom stereocenters. The second-order valence-corrected chi connectivity index (χ2v) is 5.29. The third-order valence-corrected chi connectivity index (χ3v) is 3.20. The van der Waals surface area contributed by atoms with E-state index in [9.17, 15) is 0 Å². The minimum atomic E-state index is 0.580. The van der Waals surface area contributed by atoms with Gasteiger partial charge in [0.1, 0.15) is 0 Å². The fraction of sp³-hybridized carbons (Fsp3) is 0.462. The summed E-state index contributed by atoms with van der Waals surface area (Å²) in [4.78, 5) is 13.1. The zero-order chi connectivity index (χ0) is 13.7. The van der Waals surface area contributed by atoms with E-state index in [2.05, 4.69) is 27.2 Å². The highest BCUT2D eigenvalue weighted by molar-refractivity contribution is 7.09. The molecule has 0 bridgehead atoms. The van der Waals surface area contributed by atoms with E-state index in [0.29, 0.717) is 25.0 Å². The maximum Gasteiger partial charge on any atom is 0.226 e. The van der Waals surface area contributed by atoms with E-state index in [1.54, 1.807) is 11.3 Å². The van der Waals surface area contributed by atoms with Gasteiger partial charge in [0, 0.05) is 17.1 Å². The largest absolute Gasteiger partial charge is 0.478 e. The molecule has 2 aromatic rings. The number of ether oxygens (including phenoxy) is 1. The van der Waals surface area contributed by atoms with Gasteiger partial charge in [0.15, 0.2) is 0 Å². The van der Waals surface area contributed by atoms with Crippen LogP contribution < -0.4 is 10.1 Å². The molecule has 0 aliphatic rings. The van der Waals surface area contributed by atoms with Gasteiger partial charge in [-0.05, 0) is 20.3 Å². The van der Waals surface area contributed by atoms with Crippen molar-refractivity contribution in [1.29, 1.82) is 0 Å². The highest BCUT2D eigenvalue weighted by atomic mass is 32.1. The molecule has 0 spiro atoms. The van der Waals surface area contributed by atoms with Crippen molar-refractivity contribution >= 4 is 17.3 Å². The average Bonchev–Trinajstić information content (AvgIpc) is 2.79. The summed E-state index contributed by atoms with van der Waals surface area (Å²) in [6.07, 6.45) is 0.962. The van der Waals surface area contributed by atoms with E-state index < -0.39 is 0 Å². The molecule has 0 amide bonds. The molecule has 0 atom stereocenters. The van der Waals surface area contributed by atoms with Crippen LogP contribution in [-0.2, 0) is 6.54 Å². The molecule has 5 nitrogen and oxygen atoms in total. The number of hydrogen-bond donors (Lipinski definition) is 1. The Hall–Kier alpha value is -1.69. The Bertz CT molecular complexity index is 541. The van der Waals surface area contributed by atoms with Gasteiger partial charge < -0.3 is 10.1 Å². The van der Waals surface area contributed by atoms with Crippen LogP contribution >= 0.6 is 11.3 Å². The molecule has 0 saturated heterocycles. The Balaban J connectivity index is 2.01. The van der Waals surface area contributed by atoms with Gasteiger partial charge >= 0.3 is 0 Å². The number of aromatic nitrogens is 3. The van der Waals surface area contributed by atoms with E-state index in [1.807, 2.05) is 25.3 Å². The van der Waals surface area contributed by atoms with Gasteiger partial charge in [-0.3, -0.25) is 0 Å². The van der Waals surface area contributed by atoms with Crippen molar-refractivity contribution in [3.63, 3.8) is 0 Å². The van der Waals surface area contributed by atoms with Crippen LogP contribution in [0.15, 0.2) is 11.4 Å². The normalized spacial score (nSPS) is 10.5. The lowest BCUT2D eigenvalue weighted by Crippen LogP contribution is -2.07. The van der Waals surface area contributed by atoms with Crippen LogP contribution in [0, 0.1) is 13.8 Å². The van der Waals surface area contributed by atoms with E-state index in [1.165, 1.54) is 0 Å². The third-order valence-electron chi connectivity index (χ3n) is 2.38. The lowest BCUT2D eigenvalue weighted by Gasteiger charge is -2.08. The summed E-state index contributed by atoms with van der Waals surface area (Å²) in [5.41, 5.74) is 1.89. The fourth-order valence-corrected chi connectivity index (χ4v) is 2.17. The van der Waals surface area contributed by atoms with Gasteiger partial charge in [0.2, 0.25) is 11.8 Å². The molecule has 1 N–H and O–H groups in total. The van der Waals surface area contributed by atoms with Gasteiger partial charge in [0.25, 0.3) is 0 Å². The standard InChI is InChI=1S/C13H18N4OS/c1-4-5-18-12-6-9(2)15-13(17-12)14-7-11-8-19-10(3)16-11/h6,8H,4-5,7H2,1-3H3,(H,14,15,17). The smallest absolute Gasteiger partial charge is 0.226 e. The maximum absolute atomic E-state index is 5.53. The Labute approximate surface area is 117 Å². The molecule has 2 aromatic heterocycles. The summed E-state index contributed by atoms with van der Waals surface area (Å²) in [7, 11) is 0. The predicted octanol–water partition coefficient (Wildman–Crippen LogP) is 2.95. The Morgan fingerprint density at radius 1 is 1.26 bits per heavy atom. The molecule has 0 radical (unpaired) electrons. The van der Waals surface area contributed by atoms with Crippen molar-refractivity contribution in [3.8, 4) is 5.88 Å². The van der Waals surface area contributed by atoms with Crippen LogP contribution in [-0.4, -0.2) is 21.6 Å². The number of rotatable bonds is 6. The molecule has 6 heteroatoms. The SMILES string of the molecule is CCCOc1cc(C)nc(NCc2csc(C)n2)n1. The molecule has 2 heterocycles. The Morgan fingerprint density at radius 3 is 2.79 bits per heavy atom. The number of thiazole rings is 1. The van der Waals surface area contributed by atoms with Crippen LogP contribution in [0.4, 0.5) is 5.95 Å². The molecule has 0 aliphatic carbocycles. The summed E-state index contributed by atoms with van der Waals surface area (Å²) in [5, 5.41) is 6.27. The summed E-state index contributed by atoms with van der Waals surface area (Å²) in [5.74, 6) is 1.20. The second-order valence-electron chi connectivity index (χ2n) is 4.23. The molecule has 102 valence electrons. The van der Waals surface area contributed by atoms with E-state index >= 15 is 0 Å². The Kier molecular flexibility index (Phi) is 4.68. The highest BCUT2D eigenvalue weighted by Gasteiger charge is 2.04. The molecular formula is C13H18N4OS. The van der Waals surface area contributed by atoms with Gasteiger partial charge in [-0.2, -0.15) is 4.98 Å². The zero-order valence-electron chi connectivity index (χ0n) is 11.4. The van der Waals surface area contributed by atoms with Crippen molar-refractivity contribution in [1.82, 2.24) is 15.0 Å². The van der Waals surface area contributed by atoms with Crippen LogP contribution in [0.2, 0.25) is 0 Å². The van der Waals surface area contributed by atoms with Crippen molar-refractivity contribution in [2.75, 3.05) is 11.9 Å². The Morgan fingerprint density at radius 2 is 2.11 bits per heavy atom. The van der Waals surface area contributed by atoms with Crippen LogP contribution in [0.5, 0.6) is 5.88 Å². The molecule has 0 saturated carbocycles. The van der Waals surface area contributed by atoms with E-state index in [0.717, 1.165) is 22.8 Å². The number of hydrogen-bond acceptors (Lipinski definition) is 6. The van der Waals surface area contributed by atoms with Crippen LogP contribution in [0.25, 0.3) is 0 Å². The topological polar surface area (TPSA) is 59.9 Å². The van der Waals surface area contributed by atoms with E-state index in [-0.39, 0.29) is 0 Å². The molecule has 0 aromatic carbocycles. The zero-order valence-corrected chi connectivity index (χ0v) is 12.3. The minimum Gasteiger partial charge on any atom is -0.478 e. The van der Waals surface area contributed by atoms with Gasteiger partial charge in [0.05, 0.1) is 23.9 Å². The molecular weight excluding hydrogens is 260 g/mol. The number of aryl methyl sites for hydroxylation is 2. The van der Waals surface area contributed by atoms with Gasteiger partial charge in [-0.15, -0.1) is 11.3 Å². The number of anilines is 1. The van der Waals surface area contributed by atoms with Crippen LogP contribution in [0.3, 0.4) is 0 Å². The molecule has 2 rings (SSSR count). The lowest BCUT2D eigenvalue weighted by molar-refractivity contribution is 0.305. The maximum atomic E-state index is 5.53. The second kappa shape index (κ2) is 6.47. The van der Waals surface area contributed by atoms with Crippen molar-refractivity contribution in [2.24, 2.45) is 0 Å². The summed E-state index contributed by atoms with van der Waals surface area (Å²) >= 11 is 1.64. The molecule has 0 fully saturated rings. The summed E-state index contributed by atoms with van der Waals surface area (Å²) in [6.45, 7) is 7.28. The first-order valence-corrected chi connectivity index (χ1v) is 7.18. The highest BCUT2D eigenvalue weighted by Crippen LogP contribution is 2.14. The number of nitrogens with one attached hydrogen (secondary N) is 1. The third kappa shape index (κ3) is 4.17. The molecule has 19 heavy (non-hydrogen) atoms. The average molecular weight is 278 g/mol. The summed E-state index contributed by atoms with van der Waals surface area (Å²) < 4.78 is 5.53. The van der Waals surface area contributed by atoms with E-state index in [4.69, 9.17) is 4.74 Å². The van der Waals surface area contributed by atoms with Gasteiger partial charge in [-0.1, -0.05) is 6.92 Å². The van der Waals surface area contributed by atoms with Crippen molar-refractivity contribution < 1.29 is 4.74 Å². The molecule has 0 aliphatic heterocycles. The van der Waals surface area contributed by atoms with Crippen LogP contribution in [0.1, 0.15) is 29.7 Å². The summed E-state index contributed by atoms with van der Waals surface area (Å²) in [6, 6.07) is 1.84. The van der Waals surface area contributed by atoms with Crippen molar-refractivity contribution in [2.45, 2.75) is 33.7 Å². The monoisotopic (exact) mass is 278 g/mol. The minimum absolute atomic E-state index is 0.580. The quantitative estimate of drug-likeness (QED) is 0.880. The predicted molar refractivity (Wildman–Crippen MR) is 76.7 cm³/mol. The van der Waals surface area contributed by atoms with Gasteiger partial charge in [-0.25, -0.2) is 9.97 Å². The first-order valence-electron chi connectivity index (χ1n) is 6.30. The van der Waals surface area contributed by atoms with Crippen molar-refractivity contribution in [3.05, 3.63) is 27.8 Å². The number of nitrogens with zero attached hydrogens (tertiary/aromatic N) is 3. The fourth-order valence-electron chi connectivity index (χ4n) is 1.56.